The van der Waals surface area contributed by atoms with Crippen LogP contribution in [0.1, 0.15) is 36.9 Å². The Hall–Kier alpha value is -2.14. The number of hydrogen-bond acceptors (Lipinski definition) is 3. The molecule has 0 unspecified atom stereocenters. The zero-order chi connectivity index (χ0) is 16.7. The van der Waals surface area contributed by atoms with Gasteiger partial charge in [0.15, 0.2) is 0 Å². The molecule has 5 nitrogen and oxygen atoms in total. The number of hydrogen-bond donors (Lipinski definition) is 2. The zero-order valence-corrected chi connectivity index (χ0v) is 14.4. The molecular weight excluding hydrogens is 300 g/mol. The van der Waals surface area contributed by atoms with Gasteiger partial charge in [0, 0.05) is 23.7 Å². The van der Waals surface area contributed by atoms with Crippen molar-refractivity contribution in [1.82, 2.24) is 20.1 Å². The maximum Gasteiger partial charge on any atom is 0.262 e. The second kappa shape index (κ2) is 6.06. The predicted octanol–water partition coefficient (Wildman–Crippen LogP) is 3.03. The van der Waals surface area contributed by atoms with E-state index < -0.39 is 0 Å². The number of fused-ring (bicyclic) bond motifs is 3. The third-order valence-corrected chi connectivity index (χ3v) is 5.22. The smallest absolute Gasteiger partial charge is 0.262 e. The molecule has 0 amide bonds. The van der Waals surface area contributed by atoms with Gasteiger partial charge in [-0.3, -0.25) is 9.89 Å². The first kappa shape index (κ1) is 15.4. The Morgan fingerprint density at radius 2 is 2.17 bits per heavy atom. The molecule has 24 heavy (non-hydrogen) atoms. The molecule has 0 bridgehead atoms. The molecule has 1 aromatic carbocycles. The van der Waals surface area contributed by atoms with Gasteiger partial charge in [-0.1, -0.05) is 18.1 Å². The normalized spacial score (nSPS) is 18.5. The van der Waals surface area contributed by atoms with Crippen LogP contribution in [-0.2, 0) is 6.54 Å². The molecule has 0 spiro atoms. The van der Waals surface area contributed by atoms with Gasteiger partial charge in [-0.2, -0.15) is 5.10 Å². The lowest BCUT2D eigenvalue weighted by Crippen LogP contribution is -2.35. The van der Waals surface area contributed by atoms with Crippen LogP contribution >= 0.6 is 0 Å². The van der Waals surface area contributed by atoms with Crippen molar-refractivity contribution in [2.45, 2.75) is 52.1 Å². The zero-order valence-electron chi connectivity index (χ0n) is 14.4. The molecule has 2 aromatic heterocycles. The third-order valence-electron chi connectivity index (χ3n) is 5.22. The van der Waals surface area contributed by atoms with E-state index in [2.05, 4.69) is 40.6 Å². The molecular formula is C19H24N4O. The van der Waals surface area contributed by atoms with E-state index in [-0.39, 0.29) is 5.56 Å². The molecule has 1 aliphatic heterocycles. The second-order valence-corrected chi connectivity index (χ2v) is 6.99. The summed E-state index contributed by atoms with van der Waals surface area (Å²) in [6.45, 7) is 5.84. The predicted molar refractivity (Wildman–Crippen MR) is 97.6 cm³/mol. The van der Waals surface area contributed by atoms with Crippen LogP contribution in [0.3, 0.4) is 0 Å². The Labute approximate surface area is 141 Å². The summed E-state index contributed by atoms with van der Waals surface area (Å²) in [6.07, 6.45) is 4.75. The number of nitrogens with one attached hydrogen (secondary N) is 2. The lowest BCUT2D eigenvalue weighted by atomic mass is 10.0. The maximum absolute atomic E-state index is 13.1. The van der Waals surface area contributed by atoms with E-state index in [1.807, 2.05) is 11.5 Å². The highest BCUT2D eigenvalue weighted by Gasteiger charge is 2.17. The highest BCUT2D eigenvalue weighted by atomic mass is 16.1. The van der Waals surface area contributed by atoms with Crippen molar-refractivity contribution in [1.29, 1.82) is 0 Å². The topological polar surface area (TPSA) is 62.7 Å². The number of H-pyrrole nitrogens is 1. The van der Waals surface area contributed by atoms with Gasteiger partial charge in [-0.05, 0) is 51.8 Å². The van der Waals surface area contributed by atoms with Gasteiger partial charge in [0.2, 0.25) is 0 Å². The van der Waals surface area contributed by atoms with Crippen molar-refractivity contribution in [3.8, 4) is 0 Å². The van der Waals surface area contributed by atoms with Gasteiger partial charge in [-0.25, -0.2) is 0 Å². The molecule has 4 rings (SSSR count). The number of benzene rings is 1. The van der Waals surface area contributed by atoms with E-state index >= 15 is 0 Å². The fourth-order valence-corrected chi connectivity index (χ4v) is 3.88. The summed E-state index contributed by atoms with van der Waals surface area (Å²) in [6, 6.07) is 6.78. The van der Waals surface area contributed by atoms with Crippen molar-refractivity contribution >= 4 is 21.8 Å². The largest absolute Gasteiger partial charge is 0.314 e. The summed E-state index contributed by atoms with van der Waals surface area (Å²) in [4.78, 5) is 13.1. The van der Waals surface area contributed by atoms with Crippen LogP contribution < -0.4 is 10.9 Å². The van der Waals surface area contributed by atoms with Crippen molar-refractivity contribution < 1.29 is 0 Å². The van der Waals surface area contributed by atoms with E-state index in [4.69, 9.17) is 0 Å². The monoisotopic (exact) mass is 324 g/mol. The Balaban J connectivity index is 1.84. The lowest BCUT2D eigenvalue weighted by molar-refractivity contribution is 0.367. The minimum atomic E-state index is 0.0726. The highest BCUT2D eigenvalue weighted by molar-refractivity contribution is 6.04. The Morgan fingerprint density at radius 1 is 1.29 bits per heavy atom. The molecule has 1 atom stereocenters. The molecule has 3 aromatic rings. The number of pyridine rings is 1. The number of nitrogens with zero attached hydrogens (tertiary/aromatic N) is 2. The highest BCUT2D eigenvalue weighted by Crippen LogP contribution is 2.24. The van der Waals surface area contributed by atoms with Gasteiger partial charge in [-0.15, -0.1) is 0 Å². The maximum atomic E-state index is 13.1. The first-order valence-corrected chi connectivity index (χ1v) is 8.86. The Morgan fingerprint density at radius 3 is 2.96 bits per heavy atom. The van der Waals surface area contributed by atoms with E-state index in [9.17, 15) is 4.79 Å². The number of aryl methyl sites for hydroxylation is 3. The van der Waals surface area contributed by atoms with Gasteiger partial charge in [0.1, 0.15) is 5.52 Å². The van der Waals surface area contributed by atoms with Crippen LogP contribution in [0, 0.1) is 13.8 Å². The van der Waals surface area contributed by atoms with Crippen LogP contribution in [0.5, 0.6) is 0 Å². The molecule has 1 saturated heterocycles. The molecule has 0 aliphatic carbocycles. The molecule has 3 heterocycles. The van der Waals surface area contributed by atoms with Crippen molar-refractivity contribution in [2.24, 2.45) is 0 Å². The van der Waals surface area contributed by atoms with E-state index in [1.54, 1.807) is 0 Å². The number of aromatic amines is 1. The summed E-state index contributed by atoms with van der Waals surface area (Å²) >= 11 is 0. The van der Waals surface area contributed by atoms with Crippen molar-refractivity contribution in [3.05, 3.63) is 39.8 Å². The molecule has 2 N–H and O–H groups in total. The molecule has 0 saturated carbocycles. The van der Waals surface area contributed by atoms with E-state index in [1.165, 1.54) is 24.8 Å². The standard InChI is InChI=1S/C19H24N4O/c1-12-6-7-16-15(11-12)18-17(13(2)21-22-18)19(24)23(16)10-8-14-5-3-4-9-20-14/h6-7,11,14,20H,3-5,8-10H2,1-2H3,(H,21,22)/t14-/m1/s1. The van der Waals surface area contributed by atoms with Gasteiger partial charge < -0.3 is 9.88 Å². The first-order valence-electron chi connectivity index (χ1n) is 8.86. The van der Waals surface area contributed by atoms with E-state index in [0.29, 0.717) is 6.04 Å². The van der Waals surface area contributed by atoms with Crippen LogP contribution in [0.4, 0.5) is 0 Å². The van der Waals surface area contributed by atoms with Crippen LogP contribution in [0.2, 0.25) is 0 Å². The van der Waals surface area contributed by atoms with Crippen molar-refractivity contribution in [3.63, 3.8) is 0 Å². The Kier molecular flexibility index (Phi) is 3.88. The SMILES string of the molecule is Cc1ccc2c(c1)c1n[nH]c(C)c1c(=O)n2CC[C@H]1CCCCN1. The summed E-state index contributed by atoms with van der Waals surface area (Å²) in [5.41, 5.74) is 3.89. The quantitative estimate of drug-likeness (QED) is 0.778. The minimum absolute atomic E-state index is 0.0726. The number of aromatic nitrogens is 3. The average Bonchev–Trinajstić information content (AvgIpc) is 2.98. The molecule has 126 valence electrons. The van der Waals surface area contributed by atoms with Crippen LogP contribution in [0.25, 0.3) is 21.8 Å². The molecule has 1 aliphatic rings. The number of rotatable bonds is 3. The molecule has 1 fully saturated rings. The first-order chi connectivity index (χ1) is 11.6. The third kappa shape index (κ3) is 2.53. The molecule has 5 heteroatoms. The fraction of sp³-hybridized carbons (Fsp3) is 0.474. The molecule has 0 radical (unpaired) electrons. The van der Waals surface area contributed by atoms with Crippen LogP contribution in [-0.4, -0.2) is 27.4 Å². The van der Waals surface area contributed by atoms with Crippen molar-refractivity contribution in [2.75, 3.05) is 6.54 Å². The van der Waals surface area contributed by atoms with E-state index in [0.717, 1.165) is 47.0 Å². The summed E-state index contributed by atoms with van der Waals surface area (Å²) in [7, 11) is 0. The van der Waals surface area contributed by atoms with Gasteiger partial charge >= 0.3 is 0 Å². The minimum Gasteiger partial charge on any atom is -0.314 e. The summed E-state index contributed by atoms with van der Waals surface area (Å²) in [5.74, 6) is 0. The average molecular weight is 324 g/mol. The summed E-state index contributed by atoms with van der Waals surface area (Å²) in [5, 5.41) is 12.7. The summed E-state index contributed by atoms with van der Waals surface area (Å²) < 4.78 is 1.94. The lowest BCUT2D eigenvalue weighted by Gasteiger charge is -2.24. The van der Waals surface area contributed by atoms with Gasteiger partial charge in [0.25, 0.3) is 5.56 Å². The second-order valence-electron chi connectivity index (χ2n) is 6.99. The van der Waals surface area contributed by atoms with Crippen LogP contribution in [0.15, 0.2) is 23.0 Å². The Bertz CT molecular complexity index is 947. The number of piperidine rings is 1. The van der Waals surface area contributed by atoms with Gasteiger partial charge in [0.05, 0.1) is 10.9 Å². The fourth-order valence-electron chi connectivity index (χ4n) is 3.88.